The second kappa shape index (κ2) is 11.3. The number of nitro groups is 1. The minimum atomic E-state index is -0.777. The third kappa shape index (κ3) is 6.81. The SMILES string of the molecule is CN(C)c1ccc(/C=C(\NC(=O)c2cccc(F)c2)C(=O)N/N=C\c2ccccc2[N+](=O)[O-])cc1. The van der Waals surface area contributed by atoms with Crippen molar-refractivity contribution in [1.29, 1.82) is 0 Å². The standard InChI is InChI=1S/C25H22FN5O4/c1-30(2)21-12-10-17(11-13-21)14-22(28-24(32)18-7-5-8-20(26)15-18)25(33)29-27-16-19-6-3-4-9-23(19)31(34)35/h3-16H,1-2H3,(H,28,32)(H,29,33)/b22-14-,27-16-. The Balaban J connectivity index is 1.86. The van der Waals surface area contributed by atoms with Crippen LogP contribution in [0.2, 0.25) is 0 Å². The van der Waals surface area contributed by atoms with Crippen LogP contribution < -0.4 is 15.6 Å². The maximum absolute atomic E-state index is 13.5. The predicted molar refractivity (Wildman–Crippen MR) is 131 cm³/mol. The summed E-state index contributed by atoms with van der Waals surface area (Å²) in [5.74, 6) is -2.07. The molecule has 0 radical (unpaired) electrons. The molecular formula is C25H22FN5O4. The largest absolute Gasteiger partial charge is 0.378 e. The number of nitro benzene ring substituents is 1. The van der Waals surface area contributed by atoms with E-state index in [9.17, 15) is 24.1 Å². The molecule has 0 fully saturated rings. The molecule has 178 valence electrons. The van der Waals surface area contributed by atoms with Crippen molar-refractivity contribution in [2.45, 2.75) is 0 Å². The van der Waals surface area contributed by atoms with E-state index in [1.165, 1.54) is 42.5 Å². The van der Waals surface area contributed by atoms with E-state index >= 15 is 0 Å². The summed E-state index contributed by atoms with van der Waals surface area (Å²) in [5.41, 5.74) is 3.68. The smallest absolute Gasteiger partial charge is 0.287 e. The molecule has 3 rings (SSSR count). The van der Waals surface area contributed by atoms with Gasteiger partial charge in [0.2, 0.25) is 0 Å². The summed E-state index contributed by atoms with van der Waals surface area (Å²) in [4.78, 5) is 38.0. The maximum Gasteiger partial charge on any atom is 0.287 e. The number of hydrogen-bond acceptors (Lipinski definition) is 6. The van der Waals surface area contributed by atoms with Gasteiger partial charge in [0.1, 0.15) is 11.5 Å². The molecule has 0 saturated carbocycles. The number of nitrogens with one attached hydrogen (secondary N) is 2. The molecule has 0 atom stereocenters. The second-order valence-corrected chi connectivity index (χ2v) is 7.52. The van der Waals surface area contributed by atoms with Crippen LogP contribution in [0.5, 0.6) is 0 Å². The minimum Gasteiger partial charge on any atom is -0.378 e. The fraction of sp³-hybridized carbons (Fsp3) is 0.0800. The van der Waals surface area contributed by atoms with Gasteiger partial charge in [-0.2, -0.15) is 5.10 Å². The molecule has 3 aromatic carbocycles. The van der Waals surface area contributed by atoms with Crippen LogP contribution in [-0.2, 0) is 4.79 Å². The lowest BCUT2D eigenvalue weighted by atomic mass is 10.1. The molecule has 0 unspecified atom stereocenters. The Morgan fingerprint density at radius 3 is 2.40 bits per heavy atom. The van der Waals surface area contributed by atoms with Crippen molar-refractivity contribution in [3.63, 3.8) is 0 Å². The molecule has 0 aliphatic carbocycles. The van der Waals surface area contributed by atoms with E-state index in [1.54, 1.807) is 18.2 Å². The summed E-state index contributed by atoms with van der Waals surface area (Å²) in [6, 6.07) is 18.1. The number of carbonyl (C=O) groups is 2. The Labute approximate surface area is 200 Å². The topological polar surface area (TPSA) is 117 Å². The molecule has 0 aliphatic rings. The third-order valence-corrected chi connectivity index (χ3v) is 4.80. The highest BCUT2D eigenvalue weighted by Crippen LogP contribution is 2.16. The van der Waals surface area contributed by atoms with E-state index in [1.807, 2.05) is 31.1 Å². The normalized spacial score (nSPS) is 11.2. The third-order valence-electron chi connectivity index (χ3n) is 4.80. The molecule has 0 bridgehead atoms. The maximum atomic E-state index is 13.5. The number of rotatable bonds is 8. The average Bonchev–Trinajstić information content (AvgIpc) is 2.84. The molecule has 0 spiro atoms. The van der Waals surface area contributed by atoms with Crippen molar-refractivity contribution in [2.24, 2.45) is 5.10 Å². The van der Waals surface area contributed by atoms with Crippen LogP contribution in [-0.4, -0.2) is 37.0 Å². The van der Waals surface area contributed by atoms with E-state index in [-0.39, 0.29) is 22.5 Å². The van der Waals surface area contributed by atoms with Crippen molar-refractivity contribution in [1.82, 2.24) is 10.7 Å². The summed E-state index contributed by atoms with van der Waals surface area (Å²) in [6.45, 7) is 0. The second-order valence-electron chi connectivity index (χ2n) is 7.52. The molecule has 2 N–H and O–H groups in total. The van der Waals surface area contributed by atoms with Gasteiger partial charge in [0.15, 0.2) is 0 Å². The number of amides is 2. The van der Waals surface area contributed by atoms with E-state index in [0.29, 0.717) is 5.56 Å². The molecule has 0 aromatic heterocycles. The number of benzene rings is 3. The van der Waals surface area contributed by atoms with Gasteiger partial charge < -0.3 is 10.2 Å². The van der Waals surface area contributed by atoms with Crippen LogP contribution in [0, 0.1) is 15.9 Å². The minimum absolute atomic E-state index is 0.0232. The van der Waals surface area contributed by atoms with Gasteiger partial charge in [-0.15, -0.1) is 0 Å². The van der Waals surface area contributed by atoms with Gasteiger partial charge in [0, 0.05) is 31.4 Å². The number of anilines is 1. The Morgan fingerprint density at radius 1 is 1.03 bits per heavy atom. The highest BCUT2D eigenvalue weighted by molar-refractivity contribution is 6.05. The number of hydrogen-bond donors (Lipinski definition) is 2. The number of hydrazone groups is 1. The summed E-state index contributed by atoms with van der Waals surface area (Å²) in [6.07, 6.45) is 2.57. The van der Waals surface area contributed by atoms with Crippen molar-refractivity contribution >= 4 is 35.5 Å². The van der Waals surface area contributed by atoms with Crippen LogP contribution in [0.4, 0.5) is 15.8 Å². The molecular weight excluding hydrogens is 453 g/mol. The predicted octanol–water partition coefficient (Wildman–Crippen LogP) is 3.72. The molecule has 3 aromatic rings. The van der Waals surface area contributed by atoms with Crippen LogP contribution in [0.25, 0.3) is 6.08 Å². The summed E-state index contributed by atoms with van der Waals surface area (Å²) in [5, 5.41) is 17.4. The van der Waals surface area contributed by atoms with Gasteiger partial charge in [-0.05, 0) is 48.0 Å². The first kappa shape index (κ1) is 24.8. The van der Waals surface area contributed by atoms with Crippen molar-refractivity contribution < 1.29 is 18.9 Å². The molecule has 0 aliphatic heterocycles. The summed E-state index contributed by atoms with van der Waals surface area (Å²) in [7, 11) is 3.77. The summed E-state index contributed by atoms with van der Waals surface area (Å²) >= 11 is 0. The summed E-state index contributed by atoms with van der Waals surface area (Å²) < 4.78 is 13.5. The van der Waals surface area contributed by atoms with Crippen molar-refractivity contribution in [3.8, 4) is 0 Å². The first-order valence-electron chi connectivity index (χ1n) is 10.4. The molecule has 0 saturated heterocycles. The molecule has 0 heterocycles. The van der Waals surface area contributed by atoms with Crippen LogP contribution in [0.1, 0.15) is 21.5 Å². The Kier molecular flexibility index (Phi) is 8.02. The van der Waals surface area contributed by atoms with Gasteiger partial charge in [0.05, 0.1) is 16.7 Å². The zero-order chi connectivity index (χ0) is 25.4. The van der Waals surface area contributed by atoms with Gasteiger partial charge in [0.25, 0.3) is 17.5 Å². The van der Waals surface area contributed by atoms with E-state index in [2.05, 4.69) is 15.8 Å². The van der Waals surface area contributed by atoms with Crippen molar-refractivity contribution in [2.75, 3.05) is 19.0 Å². The Hall–Kier alpha value is -4.86. The van der Waals surface area contributed by atoms with Gasteiger partial charge in [-0.1, -0.05) is 30.3 Å². The lowest BCUT2D eigenvalue weighted by molar-refractivity contribution is -0.385. The van der Waals surface area contributed by atoms with E-state index < -0.39 is 22.6 Å². The quantitative estimate of drug-likeness (QED) is 0.223. The molecule has 10 heteroatoms. The fourth-order valence-corrected chi connectivity index (χ4v) is 3.00. The monoisotopic (exact) mass is 475 g/mol. The molecule has 9 nitrogen and oxygen atoms in total. The highest BCUT2D eigenvalue weighted by Gasteiger charge is 2.16. The van der Waals surface area contributed by atoms with Crippen LogP contribution in [0.3, 0.4) is 0 Å². The highest BCUT2D eigenvalue weighted by atomic mass is 19.1. The number of nitrogens with zero attached hydrogens (tertiary/aromatic N) is 3. The zero-order valence-corrected chi connectivity index (χ0v) is 18.9. The van der Waals surface area contributed by atoms with Crippen molar-refractivity contribution in [3.05, 3.63) is 111 Å². The average molecular weight is 475 g/mol. The lowest BCUT2D eigenvalue weighted by Gasteiger charge is -2.12. The van der Waals surface area contributed by atoms with E-state index in [4.69, 9.17) is 0 Å². The Morgan fingerprint density at radius 2 is 1.74 bits per heavy atom. The Bertz CT molecular complexity index is 1300. The van der Waals surface area contributed by atoms with Gasteiger partial charge >= 0.3 is 0 Å². The molecule has 35 heavy (non-hydrogen) atoms. The van der Waals surface area contributed by atoms with Gasteiger partial charge in [-0.3, -0.25) is 19.7 Å². The number of para-hydroxylation sites is 1. The lowest BCUT2D eigenvalue weighted by Crippen LogP contribution is -2.32. The number of halogens is 1. The first-order valence-corrected chi connectivity index (χ1v) is 10.4. The van der Waals surface area contributed by atoms with E-state index in [0.717, 1.165) is 18.0 Å². The first-order chi connectivity index (χ1) is 16.7. The number of carbonyl (C=O) groups excluding carboxylic acids is 2. The fourth-order valence-electron chi connectivity index (χ4n) is 3.00. The zero-order valence-electron chi connectivity index (χ0n) is 18.9. The van der Waals surface area contributed by atoms with Gasteiger partial charge in [-0.25, -0.2) is 9.82 Å². The molecule has 2 amide bonds. The van der Waals surface area contributed by atoms with Crippen LogP contribution >= 0.6 is 0 Å². The van der Waals surface area contributed by atoms with Crippen LogP contribution in [0.15, 0.2) is 83.6 Å².